The summed E-state index contributed by atoms with van der Waals surface area (Å²) in [6, 6.07) is 10.6. The molecule has 2 unspecified atom stereocenters. The quantitative estimate of drug-likeness (QED) is 0.232. The molecule has 0 saturated carbocycles. The van der Waals surface area contributed by atoms with Crippen LogP contribution < -0.4 is 15.4 Å². The molecule has 11 nitrogen and oxygen atoms in total. The number of alkyl halides is 3. The number of oxime groups is 1. The summed E-state index contributed by atoms with van der Waals surface area (Å²) >= 11 is 3.38. The van der Waals surface area contributed by atoms with Gasteiger partial charge in [0.25, 0.3) is 0 Å². The number of likely N-dealkylation sites (tertiary alicyclic amines) is 1. The standard InChI is InChI=1S/C33H39BrF3N5O6/c1-31(2,3)46-29(43)39-28(40-30(44)47-32(4,5)6)42-16-8-13-24(42)27-38-26(41-48-27)21-14-15-25(23(19-21)33(35,36)37)45-17-9-11-20-10-7-12-22(34)18-20/h7,9-12,14-15,18-19,24,27H,8,13,16-17H2,1-6H3,(H,38,41)(H,39,40,43,44)/b11-9+. The van der Waals surface area contributed by atoms with Gasteiger partial charge in [0.2, 0.25) is 12.2 Å². The normalized spacial score (nSPS) is 18.7. The first-order valence-electron chi connectivity index (χ1n) is 15.2. The third kappa shape index (κ3) is 10.6. The minimum Gasteiger partial charge on any atom is -0.489 e. The lowest BCUT2D eigenvalue weighted by Gasteiger charge is -2.31. The molecule has 0 aliphatic carbocycles. The molecule has 0 radical (unpaired) electrons. The SMILES string of the molecule is CC(C)(C)OC(=O)N=C(NC(=O)OC(C)(C)C)N1CCCC1C1NC(c2ccc(OC/C=C/c3cccc(Br)c3)c(C(F)(F)F)c2)=NO1. The van der Waals surface area contributed by atoms with Gasteiger partial charge in [-0.15, -0.1) is 4.99 Å². The van der Waals surface area contributed by atoms with Crippen LogP contribution in [-0.4, -0.2) is 65.5 Å². The second-order valence-electron chi connectivity index (χ2n) is 13.0. The number of aliphatic imine (C=N–C) groups is 1. The minimum atomic E-state index is -4.71. The van der Waals surface area contributed by atoms with Crippen LogP contribution >= 0.6 is 15.9 Å². The summed E-state index contributed by atoms with van der Waals surface area (Å²) in [6.45, 7) is 10.4. The van der Waals surface area contributed by atoms with E-state index in [4.69, 9.17) is 19.0 Å². The number of alkyl carbamates (subject to hydrolysis) is 1. The second kappa shape index (κ2) is 14.9. The lowest BCUT2D eigenvalue weighted by molar-refractivity contribution is -0.138. The van der Waals surface area contributed by atoms with Crippen molar-refractivity contribution < 1.29 is 41.8 Å². The smallest absolute Gasteiger partial charge is 0.437 e. The molecule has 2 heterocycles. The topological polar surface area (TPSA) is 123 Å². The van der Waals surface area contributed by atoms with Crippen LogP contribution in [0.1, 0.15) is 71.1 Å². The molecule has 15 heteroatoms. The van der Waals surface area contributed by atoms with Crippen molar-refractivity contribution in [1.29, 1.82) is 0 Å². The van der Waals surface area contributed by atoms with Gasteiger partial charge in [0.1, 0.15) is 23.6 Å². The first kappa shape index (κ1) is 36.6. The molecular formula is C33H39BrF3N5O6. The van der Waals surface area contributed by atoms with Crippen LogP contribution in [0.2, 0.25) is 0 Å². The van der Waals surface area contributed by atoms with E-state index < -0.39 is 47.4 Å². The van der Waals surface area contributed by atoms with Gasteiger partial charge in [0.15, 0.2) is 5.84 Å². The van der Waals surface area contributed by atoms with Crippen LogP contribution in [0.25, 0.3) is 6.08 Å². The van der Waals surface area contributed by atoms with Crippen molar-refractivity contribution in [3.8, 4) is 5.75 Å². The monoisotopic (exact) mass is 737 g/mol. The number of amides is 2. The molecule has 0 spiro atoms. The largest absolute Gasteiger partial charge is 0.489 e. The molecule has 2 N–H and O–H groups in total. The number of ether oxygens (including phenoxy) is 3. The van der Waals surface area contributed by atoms with Crippen molar-refractivity contribution in [3.63, 3.8) is 0 Å². The molecular weight excluding hydrogens is 699 g/mol. The van der Waals surface area contributed by atoms with Gasteiger partial charge in [-0.3, -0.25) is 5.32 Å². The Morgan fingerprint density at radius 1 is 1.10 bits per heavy atom. The molecule has 4 rings (SSSR count). The minimum absolute atomic E-state index is 0.0733. The summed E-state index contributed by atoms with van der Waals surface area (Å²) in [4.78, 5) is 36.6. The highest BCUT2D eigenvalue weighted by Gasteiger charge is 2.41. The maximum Gasteiger partial charge on any atom is 0.437 e. The molecule has 2 amide bonds. The fourth-order valence-corrected chi connectivity index (χ4v) is 5.27. The zero-order chi connectivity index (χ0) is 35.3. The van der Waals surface area contributed by atoms with E-state index in [9.17, 15) is 22.8 Å². The van der Waals surface area contributed by atoms with Gasteiger partial charge in [0.05, 0.1) is 11.6 Å². The van der Waals surface area contributed by atoms with Crippen molar-refractivity contribution >= 4 is 46.0 Å². The van der Waals surface area contributed by atoms with E-state index in [0.29, 0.717) is 19.4 Å². The van der Waals surface area contributed by atoms with Crippen molar-refractivity contribution in [2.24, 2.45) is 10.1 Å². The molecule has 260 valence electrons. The predicted octanol–water partition coefficient (Wildman–Crippen LogP) is 7.45. The van der Waals surface area contributed by atoms with Crippen LogP contribution in [0.15, 0.2) is 63.2 Å². The maximum atomic E-state index is 14.1. The van der Waals surface area contributed by atoms with Crippen LogP contribution in [0, 0.1) is 0 Å². The van der Waals surface area contributed by atoms with Crippen molar-refractivity contribution in [3.05, 3.63) is 69.7 Å². The van der Waals surface area contributed by atoms with Crippen molar-refractivity contribution in [1.82, 2.24) is 15.5 Å². The molecule has 2 aromatic rings. The molecule has 2 aliphatic heterocycles. The number of hydrogen-bond donors (Lipinski definition) is 2. The molecule has 2 aliphatic rings. The van der Waals surface area contributed by atoms with Gasteiger partial charge in [-0.2, -0.15) is 13.2 Å². The second-order valence-corrected chi connectivity index (χ2v) is 13.9. The summed E-state index contributed by atoms with van der Waals surface area (Å²) in [5.41, 5.74) is -1.64. The van der Waals surface area contributed by atoms with Crippen molar-refractivity contribution in [2.75, 3.05) is 13.2 Å². The Labute approximate surface area is 285 Å². The lowest BCUT2D eigenvalue weighted by atomic mass is 10.1. The average Bonchev–Trinajstić information content (AvgIpc) is 3.63. The van der Waals surface area contributed by atoms with Crippen LogP contribution in [-0.2, 0) is 20.5 Å². The molecule has 1 saturated heterocycles. The Balaban J connectivity index is 1.49. The van der Waals surface area contributed by atoms with Gasteiger partial charge in [-0.1, -0.05) is 39.3 Å². The molecule has 1 fully saturated rings. The Kier molecular flexibility index (Phi) is 11.3. The highest BCUT2D eigenvalue weighted by Crippen LogP contribution is 2.37. The van der Waals surface area contributed by atoms with E-state index >= 15 is 0 Å². The van der Waals surface area contributed by atoms with Gasteiger partial charge in [-0.25, -0.2) is 9.59 Å². The number of carbonyl (C=O) groups is 2. The highest BCUT2D eigenvalue weighted by molar-refractivity contribution is 9.10. The number of hydrogen-bond acceptors (Lipinski definition) is 8. The summed E-state index contributed by atoms with van der Waals surface area (Å²) in [5, 5.41) is 9.60. The summed E-state index contributed by atoms with van der Waals surface area (Å²) < 4.78 is 59.4. The number of guanidine groups is 1. The van der Waals surface area contributed by atoms with E-state index in [0.717, 1.165) is 16.1 Å². The van der Waals surface area contributed by atoms with E-state index in [-0.39, 0.29) is 29.7 Å². The average molecular weight is 739 g/mol. The number of nitrogens with zero attached hydrogens (tertiary/aromatic N) is 3. The Hall–Kier alpha value is -4.27. The summed E-state index contributed by atoms with van der Waals surface area (Å²) in [6.07, 6.45) is -2.78. The Bertz CT molecular complexity index is 1580. The Morgan fingerprint density at radius 2 is 1.83 bits per heavy atom. The number of benzene rings is 2. The molecule has 48 heavy (non-hydrogen) atoms. The number of amidine groups is 1. The first-order chi connectivity index (χ1) is 22.4. The zero-order valence-corrected chi connectivity index (χ0v) is 29.1. The van der Waals surface area contributed by atoms with E-state index in [1.54, 1.807) is 58.6 Å². The van der Waals surface area contributed by atoms with E-state index in [2.05, 4.69) is 36.7 Å². The van der Waals surface area contributed by atoms with Gasteiger partial charge < -0.3 is 29.3 Å². The van der Waals surface area contributed by atoms with Crippen LogP contribution in [0.4, 0.5) is 22.8 Å². The number of rotatable bonds is 6. The molecule has 2 aromatic carbocycles. The van der Waals surface area contributed by atoms with Gasteiger partial charge in [0, 0.05) is 16.6 Å². The van der Waals surface area contributed by atoms with E-state index in [1.165, 1.54) is 12.1 Å². The highest BCUT2D eigenvalue weighted by atomic mass is 79.9. The fourth-order valence-electron chi connectivity index (χ4n) is 4.86. The van der Waals surface area contributed by atoms with Gasteiger partial charge >= 0.3 is 18.4 Å². The third-order valence-electron chi connectivity index (χ3n) is 6.71. The van der Waals surface area contributed by atoms with Crippen LogP contribution in [0.5, 0.6) is 5.75 Å². The number of carbonyl (C=O) groups excluding carboxylic acids is 2. The first-order valence-corrected chi connectivity index (χ1v) is 16.0. The number of nitrogens with one attached hydrogen (secondary N) is 2. The lowest BCUT2D eigenvalue weighted by Crippen LogP contribution is -2.54. The van der Waals surface area contributed by atoms with Gasteiger partial charge in [-0.05, 0) is 96.4 Å². The summed E-state index contributed by atoms with van der Waals surface area (Å²) in [5.74, 6) is -0.377. The predicted molar refractivity (Wildman–Crippen MR) is 177 cm³/mol. The van der Waals surface area contributed by atoms with E-state index in [1.807, 2.05) is 24.3 Å². The summed E-state index contributed by atoms with van der Waals surface area (Å²) in [7, 11) is 0. The van der Waals surface area contributed by atoms with Crippen molar-refractivity contribution in [2.45, 2.75) is 84.0 Å². The molecule has 2 atom stereocenters. The van der Waals surface area contributed by atoms with Crippen LogP contribution in [0.3, 0.4) is 0 Å². The number of halogens is 4. The fraction of sp³-hybridized carbons (Fsp3) is 0.455. The third-order valence-corrected chi connectivity index (χ3v) is 7.21. The Morgan fingerprint density at radius 3 is 2.50 bits per heavy atom. The molecule has 0 bridgehead atoms. The molecule has 0 aromatic heterocycles. The zero-order valence-electron chi connectivity index (χ0n) is 27.5. The maximum absolute atomic E-state index is 14.1.